The Morgan fingerprint density at radius 3 is 2.49 bits per heavy atom. The van der Waals surface area contributed by atoms with Crippen LogP contribution in [0.3, 0.4) is 0 Å². The number of thiol groups is 1. The van der Waals surface area contributed by atoms with Gasteiger partial charge in [0.2, 0.25) is 0 Å². The summed E-state index contributed by atoms with van der Waals surface area (Å²) in [5.41, 5.74) is 5.99. The fourth-order valence-electron chi connectivity index (χ4n) is 5.10. The predicted octanol–water partition coefficient (Wildman–Crippen LogP) is 5.07. The molecule has 0 unspecified atom stereocenters. The van der Waals surface area contributed by atoms with Crippen LogP contribution in [0, 0.1) is 16.6 Å². The fourth-order valence-corrected chi connectivity index (χ4v) is 6.25. The molecule has 3 N–H and O–H groups in total. The van der Waals surface area contributed by atoms with E-state index in [1.165, 1.54) is 46.3 Å². The molecule has 1 fully saturated rings. The van der Waals surface area contributed by atoms with Crippen molar-refractivity contribution in [2.24, 2.45) is 5.41 Å². The first-order valence-corrected chi connectivity index (χ1v) is 13.2. The van der Waals surface area contributed by atoms with E-state index in [-0.39, 0.29) is 16.6 Å². The molecule has 2 aromatic carbocycles. The van der Waals surface area contributed by atoms with Crippen LogP contribution in [0.25, 0.3) is 0 Å². The molecule has 1 aliphatic heterocycles. The third kappa shape index (κ3) is 6.12. The number of nitrogens with zero attached hydrogens (tertiary/aromatic N) is 1. The maximum atomic E-state index is 13.4. The number of rotatable bonds is 8. The summed E-state index contributed by atoms with van der Waals surface area (Å²) < 4.78 is 21.4. The third-order valence-electron chi connectivity index (χ3n) is 7.18. The molecule has 0 bridgehead atoms. The van der Waals surface area contributed by atoms with Gasteiger partial charge in [-0.05, 0) is 60.6 Å². The minimum atomic E-state index is -0.233. The Labute approximate surface area is 213 Å². The lowest BCUT2D eigenvalue weighted by molar-refractivity contribution is -0.513. The number of halogens is 1. The molecule has 4 rings (SSSR count). The quantitative estimate of drug-likeness (QED) is 0.233. The molecular weight excluding hydrogens is 457 g/mol. The highest BCUT2D eigenvalue weighted by atomic mass is 32.2. The van der Waals surface area contributed by atoms with Crippen LogP contribution in [-0.4, -0.2) is 37.3 Å². The van der Waals surface area contributed by atoms with Gasteiger partial charge in [0, 0.05) is 49.6 Å². The van der Waals surface area contributed by atoms with Crippen molar-refractivity contribution in [3.63, 3.8) is 0 Å². The minimum Gasteiger partial charge on any atom is -0.385 e. The van der Waals surface area contributed by atoms with Gasteiger partial charge in [-0.1, -0.05) is 38.5 Å². The number of hydrogen-bond acceptors (Lipinski definition) is 3. The van der Waals surface area contributed by atoms with E-state index in [9.17, 15) is 4.39 Å². The molecule has 0 aromatic heterocycles. The first-order valence-electron chi connectivity index (χ1n) is 12.3. The molecule has 1 heterocycles. The zero-order valence-electron chi connectivity index (χ0n) is 21.3. The lowest BCUT2D eigenvalue weighted by Gasteiger charge is -2.44. The van der Waals surface area contributed by atoms with Gasteiger partial charge in [-0.2, -0.15) is 0 Å². The Morgan fingerprint density at radius 1 is 1.14 bits per heavy atom. The van der Waals surface area contributed by atoms with Gasteiger partial charge in [0.25, 0.3) is 0 Å². The van der Waals surface area contributed by atoms with Gasteiger partial charge < -0.3 is 10.1 Å². The third-order valence-corrected chi connectivity index (χ3v) is 8.33. The van der Waals surface area contributed by atoms with Gasteiger partial charge >= 0.3 is 0 Å². The van der Waals surface area contributed by atoms with Crippen molar-refractivity contribution in [3.8, 4) is 0 Å². The molecule has 186 valence electrons. The lowest BCUT2D eigenvalue weighted by atomic mass is 9.67. The summed E-state index contributed by atoms with van der Waals surface area (Å²) in [6.45, 7) is 9.40. The van der Waals surface area contributed by atoms with E-state index in [0.717, 1.165) is 49.3 Å². The van der Waals surface area contributed by atoms with Gasteiger partial charge in [0.15, 0.2) is 4.90 Å². The van der Waals surface area contributed by atoms with E-state index < -0.39 is 0 Å². The van der Waals surface area contributed by atoms with Crippen molar-refractivity contribution in [3.05, 3.63) is 82.8 Å². The molecule has 1 saturated heterocycles. The normalized spacial score (nSPS) is 21.0. The molecule has 4 nitrogen and oxygen atoms in total. The largest absolute Gasteiger partial charge is 0.385 e. The molecule has 1 aliphatic carbocycles. The van der Waals surface area contributed by atoms with Crippen molar-refractivity contribution in [2.75, 3.05) is 26.8 Å². The standard InChI is InChI=1S/C29H36FN3OS/c1-28(2,3)22-5-11-26(12-6-22)35-33-15-13-23-17-27(32-25-9-7-24(30)8-10-25)21(19-31)18-29(23,20-33)14-16-34-4/h5-12,17,19,31-32H,13-16,18,20H2,1-4H3/p+2/t29-/m1/s1. The van der Waals surface area contributed by atoms with Gasteiger partial charge in [0.1, 0.15) is 17.2 Å². The number of methoxy groups -OCH3 is 1. The predicted molar refractivity (Wildman–Crippen MR) is 144 cm³/mol. The number of quaternary nitrogens is 1. The van der Waals surface area contributed by atoms with Crippen molar-refractivity contribution >= 4 is 23.8 Å². The van der Waals surface area contributed by atoms with Crippen LogP contribution < -0.4 is 5.32 Å². The van der Waals surface area contributed by atoms with Crippen LogP contribution >= 0.6 is 0 Å². The molecule has 0 spiro atoms. The number of piperidine rings is 1. The average Bonchev–Trinajstić information content (AvgIpc) is 2.84. The number of benzene rings is 2. The van der Waals surface area contributed by atoms with E-state index in [1.807, 2.05) is 0 Å². The smallest absolute Gasteiger partial charge is 0.173 e. The molecule has 1 atom stereocenters. The zero-order valence-corrected chi connectivity index (χ0v) is 22.2. The number of allylic oxidation sites excluding steroid dienone is 2. The first kappa shape index (κ1) is 25.8. The highest BCUT2D eigenvalue weighted by Crippen LogP contribution is 2.46. The summed E-state index contributed by atoms with van der Waals surface area (Å²) in [5.74, 6) is -0.233. The molecule has 2 aliphatic rings. The summed E-state index contributed by atoms with van der Waals surface area (Å²) >= 11 is 1.23. The summed E-state index contributed by atoms with van der Waals surface area (Å²) in [5, 5.41) is 10.2. The van der Waals surface area contributed by atoms with Crippen LogP contribution in [-0.2, 0) is 22.1 Å². The van der Waals surface area contributed by atoms with E-state index in [4.69, 9.17) is 10.1 Å². The second kappa shape index (κ2) is 10.8. The van der Waals surface area contributed by atoms with Gasteiger partial charge in [-0.25, -0.2) is 4.39 Å². The zero-order chi connectivity index (χ0) is 25.1. The van der Waals surface area contributed by atoms with E-state index >= 15 is 0 Å². The topological polar surface area (TPSA) is 52.9 Å². The van der Waals surface area contributed by atoms with Crippen LogP contribution in [0.2, 0.25) is 0 Å². The number of ether oxygens (including phenoxy) is 1. The summed E-state index contributed by atoms with van der Waals surface area (Å²) in [4.78, 5) is 1.32. The first-order chi connectivity index (χ1) is 16.7. The van der Waals surface area contributed by atoms with E-state index in [2.05, 4.69) is 60.7 Å². The number of nitrogens with one attached hydrogen (secondary N) is 1. The SMILES string of the molecule is COCC[C@]12CC(C=N)=C([NH2+]c3ccc(F)cc3)C=C1CCN([SH+]c1ccc(C(C)(C)C)cc1)C2. The molecular formula is C29H38FN3OS+2. The highest BCUT2D eigenvalue weighted by molar-refractivity contribution is 7.76. The van der Waals surface area contributed by atoms with Gasteiger partial charge in [0.05, 0.1) is 18.5 Å². The van der Waals surface area contributed by atoms with Crippen molar-refractivity contribution in [1.82, 2.24) is 4.31 Å². The maximum absolute atomic E-state index is 13.4. The highest BCUT2D eigenvalue weighted by Gasteiger charge is 2.45. The second-order valence-electron chi connectivity index (χ2n) is 10.7. The fraction of sp³-hybridized carbons (Fsp3) is 0.414. The Morgan fingerprint density at radius 2 is 1.86 bits per heavy atom. The monoisotopic (exact) mass is 495 g/mol. The summed E-state index contributed by atoms with van der Waals surface area (Å²) in [6, 6.07) is 15.6. The summed E-state index contributed by atoms with van der Waals surface area (Å²) in [7, 11) is 1.76. The number of fused-ring (bicyclic) bond motifs is 1. The molecule has 35 heavy (non-hydrogen) atoms. The van der Waals surface area contributed by atoms with Crippen LogP contribution in [0.5, 0.6) is 0 Å². The Bertz CT molecular complexity index is 1100. The van der Waals surface area contributed by atoms with Gasteiger partial charge in [-0.3, -0.25) is 5.32 Å². The molecule has 0 amide bonds. The number of hydrogen-bond donors (Lipinski definition) is 2. The Balaban J connectivity index is 1.54. The molecule has 2 aromatic rings. The molecule has 0 saturated carbocycles. The van der Waals surface area contributed by atoms with Gasteiger partial charge in [-0.15, -0.1) is 4.31 Å². The lowest BCUT2D eigenvalue weighted by Crippen LogP contribution is -2.76. The van der Waals surface area contributed by atoms with Crippen LogP contribution in [0.4, 0.5) is 10.1 Å². The van der Waals surface area contributed by atoms with Crippen LogP contribution in [0.15, 0.2) is 76.3 Å². The average molecular weight is 496 g/mol. The Hall–Kier alpha value is -2.25. The van der Waals surface area contributed by atoms with Crippen LogP contribution in [0.1, 0.15) is 45.6 Å². The van der Waals surface area contributed by atoms with E-state index in [0.29, 0.717) is 6.61 Å². The molecule has 0 radical (unpaired) electrons. The van der Waals surface area contributed by atoms with Crippen molar-refractivity contribution in [1.29, 1.82) is 5.41 Å². The Kier molecular flexibility index (Phi) is 7.96. The second-order valence-corrected chi connectivity index (χ2v) is 12.0. The minimum absolute atomic E-state index is 0.0281. The maximum Gasteiger partial charge on any atom is 0.173 e. The summed E-state index contributed by atoms with van der Waals surface area (Å²) in [6.07, 6.45) is 6.55. The van der Waals surface area contributed by atoms with Crippen molar-refractivity contribution < 1.29 is 14.4 Å². The van der Waals surface area contributed by atoms with Crippen molar-refractivity contribution in [2.45, 2.75) is 50.3 Å². The van der Waals surface area contributed by atoms with E-state index in [1.54, 1.807) is 19.2 Å². The molecule has 6 heteroatoms. The number of nitrogens with two attached hydrogens (primary N) is 1.